The third-order valence-corrected chi connectivity index (χ3v) is 2.26. The molecule has 2 aromatic rings. The molecule has 0 radical (unpaired) electrons. The number of pyridine rings is 1. The molecule has 0 amide bonds. The highest BCUT2D eigenvalue weighted by molar-refractivity contribution is 5.54. The third kappa shape index (κ3) is 2.05. The van der Waals surface area contributed by atoms with E-state index in [1.54, 1.807) is 6.20 Å². The Bertz CT molecular complexity index is 447. The Kier molecular flexibility index (Phi) is 2.78. The summed E-state index contributed by atoms with van der Waals surface area (Å²) in [6, 6.07) is 2.10. The lowest BCUT2D eigenvalue weighted by molar-refractivity contribution is 0.813. The van der Waals surface area contributed by atoms with E-state index in [1.807, 2.05) is 37.3 Å². The topological polar surface area (TPSA) is 42.7 Å². The average molecular weight is 202 g/mol. The number of nitrogens with zero attached hydrogens (tertiary/aromatic N) is 3. The molecular formula is C11H14N4. The molecule has 2 aromatic heterocycles. The molecule has 2 rings (SSSR count). The number of hydrogen-bond acceptors (Lipinski definition) is 3. The molecule has 1 N–H and O–H groups in total. The minimum atomic E-state index is 0.825. The number of imidazole rings is 1. The molecule has 0 unspecified atom stereocenters. The number of rotatable bonds is 3. The van der Waals surface area contributed by atoms with Crippen molar-refractivity contribution >= 4 is 0 Å². The van der Waals surface area contributed by atoms with E-state index < -0.39 is 0 Å². The van der Waals surface area contributed by atoms with Gasteiger partial charge in [-0.2, -0.15) is 0 Å². The molecule has 0 bridgehead atoms. The molecule has 0 fully saturated rings. The monoisotopic (exact) mass is 202 g/mol. The van der Waals surface area contributed by atoms with Crippen LogP contribution in [0.25, 0.3) is 11.4 Å². The second kappa shape index (κ2) is 4.23. The van der Waals surface area contributed by atoms with Crippen LogP contribution in [0.1, 0.15) is 5.56 Å². The molecule has 0 aromatic carbocycles. The molecule has 2 heterocycles. The number of hydrogen-bond donors (Lipinski definition) is 1. The first kappa shape index (κ1) is 9.86. The molecule has 0 aliphatic rings. The molecule has 0 saturated heterocycles. The van der Waals surface area contributed by atoms with Gasteiger partial charge >= 0.3 is 0 Å². The lowest BCUT2D eigenvalue weighted by Crippen LogP contribution is -2.05. The fraction of sp³-hybridized carbons (Fsp3) is 0.273. The van der Waals surface area contributed by atoms with E-state index in [9.17, 15) is 0 Å². The van der Waals surface area contributed by atoms with Crippen LogP contribution in [-0.4, -0.2) is 21.6 Å². The van der Waals surface area contributed by atoms with Gasteiger partial charge in [-0.25, -0.2) is 4.98 Å². The zero-order valence-corrected chi connectivity index (χ0v) is 8.94. The predicted octanol–water partition coefficient (Wildman–Crippen LogP) is 1.20. The highest BCUT2D eigenvalue weighted by Crippen LogP contribution is 2.16. The Hall–Kier alpha value is -1.68. The van der Waals surface area contributed by atoms with Crippen molar-refractivity contribution in [1.29, 1.82) is 0 Å². The summed E-state index contributed by atoms with van der Waals surface area (Å²) in [4.78, 5) is 8.50. The molecule has 4 heteroatoms. The third-order valence-electron chi connectivity index (χ3n) is 2.26. The van der Waals surface area contributed by atoms with E-state index in [4.69, 9.17) is 0 Å². The van der Waals surface area contributed by atoms with Crippen molar-refractivity contribution in [3.05, 3.63) is 36.4 Å². The summed E-state index contributed by atoms with van der Waals surface area (Å²) in [7, 11) is 3.90. The average Bonchev–Trinajstić information content (AvgIpc) is 2.65. The van der Waals surface area contributed by atoms with E-state index in [0.717, 1.165) is 23.5 Å². The number of aryl methyl sites for hydroxylation is 1. The second-order valence-electron chi connectivity index (χ2n) is 3.47. The summed E-state index contributed by atoms with van der Waals surface area (Å²) in [5.74, 6) is 0.945. The molecule has 4 nitrogen and oxygen atoms in total. The van der Waals surface area contributed by atoms with Crippen molar-refractivity contribution in [3.63, 3.8) is 0 Å². The quantitative estimate of drug-likeness (QED) is 0.813. The van der Waals surface area contributed by atoms with Crippen LogP contribution in [0.15, 0.2) is 30.9 Å². The summed E-state index contributed by atoms with van der Waals surface area (Å²) in [6.07, 6.45) is 7.42. The summed E-state index contributed by atoms with van der Waals surface area (Å²) in [5.41, 5.74) is 2.22. The van der Waals surface area contributed by atoms with Crippen molar-refractivity contribution in [2.45, 2.75) is 6.54 Å². The van der Waals surface area contributed by atoms with Crippen LogP contribution in [0.4, 0.5) is 0 Å². The Morgan fingerprint density at radius 3 is 2.93 bits per heavy atom. The Labute approximate surface area is 89.0 Å². The van der Waals surface area contributed by atoms with Crippen LogP contribution >= 0.6 is 0 Å². The zero-order valence-electron chi connectivity index (χ0n) is 8.94. The van der Waals surface area contributed by atoms with Gasteiger partial charge in [0, 0.05) is 43.9 Å². The van der Waals surface area contributed by atoms with Gasteiger partial charge in [-0.3, -0.25) is 4.98 Å². The minimum absolute atomic E-state index is 0.825. The summed E-state index contributed by atoms with van der Waals surface area (Å²) in [5, 5.41) is 3.10. The lowest BCUT2D eigenvalue weighted by Gasteiger charge is -2.04. The maximum Gasteiger partial charge on any atom is 0.141 e. The van der Waals surface area contributed by atoms with Crippen LogP contribution in [-0.2, 0) is 13.6 Å². The molecule has 15 heavy (non-hydrogen) atoms. The van der Waals surface area contributed by atoms with Crippen LogP contribution in [0.3, 0.4) is 0 Å². The lowest BCUT2D eigenvalue weighted by atomic mass is 10.2. The molecular weight excluding hydrogens is 188 g/mol. The molecule has 0 spiro atoms. The molecule has 0 atom stereocenters. The van der Waals surface area contributed by atoms with E-state index in [2.05, 4.69) is 21.4 Å². The van der Waals surface area contributed by atoms with E-state index in [-0.39, 0.29) is 0 Å². The van der Waals surface area contributed by atoms with Gasteiger partial charge < -0.3 is 9.88 Å². The number of nitrogens with one attached hydrogen (secondary N) is 1. The van der Waals surface area contributed by atoms with Crippen LogP contribution < -0.4 is 5.32 Å². The van der Waals surface area contributed by atoms with Crippen molar-refractivity contribution in [1.82, 2.24) is 19.9 Å². The first-order chi connectivity index (χ1) is 7.31. The van der Waals surface area contributed by atoms with E-state index >= 15 is 0 Å². The van der Waals surface area contributed by atoms with Gasteiger partial charge in [-0.1, -0.05) is 0 Å². The smallest absolute Gasteiger partial charge is 0.141 e. The maximum atomic E-state index is 4.29. The van der Waals surface area contributed by atoms with Crippen molar-refractivity contribution in [2.24, 2.45) is 7.05 Å². The van der Waals surface area contributed by atoms with Gasteiger partial charge in [-0.05, 0) is 18.7 Å². The van der Waals surface area contributed by atoms with Crippen LogP contribution in [0.2, 0.25) is 0 Å². The summed E-state index contributed by atoms with van der Waals surface area (Å²) in [6.45, 7) is 0.825. The minimum Gasteiger partial charge on any atom is -0.334 e. The van der Waals surface area contributed by atoms with Gasteiger partial charge in [0.05, 0.1) is 0 Å². The molecule has 0 saturated carbocycles. The first-order valence-corrected chi connectivity index (χ1v) is 4.87. The summed E-state index contributed by atoms with van der Waals surface area (Å²) < 4.78 is 1.99. The number of aromatic nitrogens is 3. The van der Waals surface area contributed by atoms with Crippen molar-refractivity contribution in [3.8, 4) is 11.4 Å². The SMILES string of the molecule is CNCc1cncc(-c2nccn2C)c1. The van der Waals surface area contributed by atoms with Gasteiger partial charge in [-0.15, -0.1) is 0 Å². The maximum absolute atomic E-state index is 4.29. The van der Waals surface area contributed by atoms with E-state index in [0.29, 0.717) is 0 Å². The molecule has 0 aliphatic carbocycles. The predicted molar refractivity (Wildman–Crippen MR) is 59.2 cm³/mol. The Morgan fingerprint density at radius 1 is 1.40 bits per heavy atom. The molecule has 0 aliphatic heterocycles. The van der Waals surface area contributed by atoms with Gasteiger partial charge in [0.2, 0.25) is 0 Å². The van der Waals surface area contributed by atoms with Crippen molar-refractivity contribution in [2.75, 3.05) is 7.05 Å². The van der Waals surface area contributed by atoms with Gasteiger partial charge in [0.1, 0.15) is 5.82 Å². The van der Waals surface area contributed by atoms with Gasteiger partial charge in [0.15, 0.2) is 0 Å². The molecule has 78 valence electrons. The fourth-order valence-electron chi connectivity index (χ4n) is 1.55. The van der Waals surface area contributed by atoms with Crippen LogP contribution in [0.5, 0.6) is 0 Å². The van der Waals surface area contributed by atoms with Crippen LogP contribution in [0, 0.1) is 0 Å². The Balaban J connectivity index is 2.37. The standard InChI is InChI=1S/C11H14N4/c1-12-6-9-5-10(8-13-7-9)11-14-3-4-15(11)2/h3-5,7-8,12H,6H2,1-2H3. The summed E-state index contributed by atoms with van der Waals surface area (Å²) >= 11 is 0. The van der Waals surface area contributed by atoms with Crippen molar-refractivity contribution < 1.29 is 0 Å². The van der Waals surface area contributed by atoms with Gasteiger partial charge in [0.25, 0.3) is 0 Å². The second-order valence-corrected chi connectivity index (χ2v) is 3.47. The fourth-order valence-corrected chi connectivity index (χ4v) is 1.55. The highest BCUT2D eigenvalue weighted by Gasteiger charge is 2.03. The largest absolute Gasteiger partial charge is 0.334 e. The Morgan fingerprint density at radius 2 is 2.27 bits per heavy atom. The highest BCUT2D eigenvalue weighted by atomic mass is 15.0. The van der Waals surface area contributed by atoms with E-state index in [1.165, 1.54) is 0 Å². The zero-order chi connectivity index (χ0) is 10.7. The first-order valence-electron chi connectivity index (χ1n) is 4.87. The normalized spacial score (nSPS) is 10.5.